The lowest BCUT2D eigenvalue weighted by Gasteiger charge is -2.26. The van der Waals surface area contributed by atoms with E-state index in [9.17, 15) is 0 Å². The Labute approximate surface area is 108 Å². The van der Waals surface area contributed by atoms with Gasteiger partial charge >= 0.3 is 0 Å². The first-order valence-corrected chi connectivity index (χ1v) is 7.48. The summed E-state index contributed by atoms with van der Waals surface area (Å²) in [5.41, 5.74) is 0. The maximum atomic E-state index is 5.43. The monoisotopic (exact) mass is 253 g/mol. The van der Waals surface area contributed by atoms with Gasteiger partial charge in [-0.3, -0.25) is 0 Å². The van der Waals surface area contributed by atoms with E-state index < -0.39 is 0 Å². The van der Waals surface area contributed by atoms with Crippen molar-refractivity contribution in [3.8, 4) is 0 Å². The highest BCUT2D eigenvalue weighted by molar-refractivity contribution is 7.12. The first kappa shape index (κ1) is 13.1. The SMILES string of the molecule is CCNC(CC1CCOCC1)c1ccc(C)s1. The number of aryl methyl sites for hydroxylation is 1. The molecule has 1 N–H and O–H groups in total. The average Bonchev–Trinajstić information content (AvgIpc) is 2.77. The van der Waals surface area contributed by atoms with E-state index in [4.69, 9.17) is 4.74 Å². The van der Waals surface area contributed by atoms with Crippen LogP contribution in [-0.4, -0.2) is 19.8 Å². The fraction of sp³-hybridized carbons (Fsp3) is 0.714. The number of hydrogen-bond donors (Lipinski definition) is 1. The predicted molar refractivity (Wildman–Crippen MR) is 73.6 cm³/mol. The van der Waals surface area contributed by atoms with E-state index in [0.29, 0.717) is 6.04 Å². The van der Waals surface area contributed by atoms with Crippen molar-refractivity contribution in [2.24, 2.45) is 5.92 Å². The minimum atomic E-state index is 0.543. The maximum absolute atomic E-state index is 5.43. The van der Waals surface area contributed by atoms with E-state index in [0.717, 1.165) is 25.7 Å². The molecule has 0 spiro atoms. The molecule has 1 unspecified atom stereocenters. The van der Waals surface area contributed by atoms with Gasteiger partial charge in [-0.1, -0.05) is 6.92 Å². The van der Waals surface area contributed by atoms with E-state index in [1.165, 1.54) is 29.0 Å². The van der Waals surface area contributed by atoms with E-state index >= 15 is 0 Å². The van der Waals surface area contributed by atoms with Gasteiger partial charge < -0.3 is 10.1 Å². The van der Waals surface area contributed by atoms with Gasteiger partial charge in [0.25, 0.3) is 0 Å². The molecule has 0 saturated carbocycles. The van der Waals surface area contributed by atoms with Crippen LogP contribution in [0.1, 0.15) is 42.0 Å². The first-order chi connectivity index (χ1) is 8.29. The third-order valence-electron chi connectivity index (χ3n) is 3.47. The van der Waals surface area contributed by atoms with Crippen LogP contribution in [0.4, 0.5) is 0 Å². The van der Waals surface area contributed by atoms with Crippen LogP contribution in [0.2, 0.25) is 0 Å². The van der Waals surface area contributed by atoms with Gasteiger partial charge in [0.2, 0.25) is 0 Å². The third-order valence-corrected chi connectivity index (χ3v) is 4.58. The van der Waals surface area contributed by atoms with Crippen molar-refractivity contribution >= 4 is 11.3 Å². The van der Waals surface area contributed by atoms with Crippen molar-refractivity contribution < 1.29 is 4.74 Å². The Morgan fingerprint density at radius 3 is 2.76 bits per heavy atom. The van der Waals surface area contributed by atoms with Crippen molar-refractivity contribution in [3.63, 3.8) is 0 Å². The van der Waals surface area contributed by atoms with Crippen LogP contribution in [-0.2, 0) is 4.74 Å². The zero-order valence-corrected chi connectivity index (χ0v) is 11.7. The molecule has 3 heteroatoms. The summed E-state index contributed by atoms with van der Waals surface area (Å²) in [5.74, 6) is 0.829. The van der Waals surface area contributed by atoms with Gasteiger partial charge in [-0.25, -0.2) is 0 Å². The summed E-state index contributed by atoms with van der Waals surface area (Å²) >= 11 is 1.93. The molecule has 1 saturated heterocycles. The smallest absolute Gasteiger partial charge is 0.0468 e. The first-order valence-electron chi connectivity index (χ1n) is 6.67. The quantitative estimate of drug-likeness (QED) is 0.867. The van der Waals surface area contributed by atoms with Crippen LogP contribution in [0.5, 0.6) is 0 Å². The van der Waals surface area contributed by atoms with Gasteiger partial charge in [-0.15, -0.1) is 11.3 Å². The second-order valence-corrected chi connectivity index (χ2v) is 6.17. The number of hydrogen-bond acceptors (Lipinski definition) is 3. The second-order valence-electron chi connectivity index (χ2n) is 4.85. The van der Waals surface area contributed by atoms with Gasteiger partial charge in [0.15, 0.2) is 0 Å². The molecular weight excluding hydrogens is 230 g/mol. The summed E-state index contributed by atoms with van der Waals surface area (Å²) in [5, 5.41) is 3.63. The van der Waals surface area contributed by atoms with Gasteiger partial charge in [-0.2, -0.15) is 0 Å². The highest BCUT2D eigenvalue weighted by Crippen LogP contribution is 2.31. The average molecular weight is 253 g/mol. The molecule has 0 aromatic carbocycles. The van der Waals surface area contributed by atoms with Gasteiger partial charge in [0, 0.05) is 29.0 Å². The van der Waals surface area contributed by atoms with Crippen LogP contribution < -0.4 is 5.32 Å². The highest BCUT2D eigenvalue weighted by atomic mass is 32.1. The minimum absolute atomic E-state index is 0.543. The largest absolute Gasteiger partial charge is 0.381 e. The molecule has 17 heavy (non-hydrogen) atoms. The molecule has 2 heterocycles. The van der Waals surface area contributed by atoms with Gasteiger partial charge in [0.1, 0.15) is 0 Å². The maximum Gasteiger partial charge on any atom is 0.0468 e. The molecule has 1 aliphatic rings. The van der Waals surface area contributed by atoms with Crippen LogP contribution in [0, 0.1) is 12.8 Å². The van der Waals surface area contributed by atoms with Crippen molar-refractivity contribution in [1.29, 1.82) is 0 Å². The molecule has 0 bridgehead atoms. The Bertz CT molecular complexity index is 331. The Balaban J connectivity index is 1.96. The van der Waals surface area contributed by atoms with Gasteiger partial charge in [-0.05, 0) is 50.8 Å². The molecule has 2 rings (SSSR count). The second kappa shape index (κ2) is 6.53. The number of thiophene rings is 1. The van der Waals surface area contributed by atoms with Crippen molar-refractivity contribution in [1.82, 2.24) is 5.32 Å². The van der Waals surface area contributed by atoms with Crippen molar-refractivity contribution in [2.45, 2.75) is 39.2 Å². The molecular formula is C14H23NOS. The molecule has 1 atom stereocenters. The summed E-state index contributed by atoms with van der Waals surface area (Å²) in [6.07, 6.45) is 3.72. The van der Waals surface area contributed by atoms with E-state index in [1.807, 2.05) is 11.3 Å². The molecule has 2 nitrogen and oxygen atoms in total. The molecule has 1 fully saturated rings. The third kappa shape index (κ3) is 3.80. The topological polar surface area (TPSA) is 21.3 Å². The molecule has 1 aromatic heterocycles. The van der Waals surface area contributed by atoms with E-state index in [2.05, 4.69) is 31.3 Å². The van der Waals surface area contributed by atoms with Gasteiger partial charge in [0.05, 0.1) is 0 Å². The molecule has 0 aliphatic carbocycles. The van der Waals surface area contributed by atoms with Crippen LogP contribution in [0.15, 0.2) is 12.1 Å². The lowest BCUT2D eigenvalue weighted by atomic mass is 9.92. The normalized spacial score (nSPS) is 19.4. The Kier molecular flexibility index (Phi) is 5.01. The number of nitrogens with one attached hydrogen (secondary N) is 1. The van der Waals surface area contributed by atoms with Crippen molar-refractivity contribution in [3.05, 3.63) is 21.9 Å². The fourth-order valence-electron chi connectivity index (χ4n) is 2.50. The lowest BCUT2D eigenvalue weighted by molar-refractivity contribution is 0.0607. The summed E-state index contributed by atoms with van der Waals surface area (Å²) in [7, 11) is 0. The van der Waals surface area contributed by atoms with Crippen LogP contribution >= 0.6 is 11.3 Å². The fourth-order valence-corrected chi connectivity index (χ4v) is 3.47. The predicted octanol–water partition coefficient (Wildman–Crippen LogP) is 3.52. The summed E-state index contributed by atoms with van der Waals surface area (Å²) in [6, 6.07) is 5.06. The zero-order chi connectivity index (χ0) is 12.1. The lowest BCUT2D eigenvalue weighted by Crippen LogP contribution is -2.25. The molecule has 96 valence electrons. The summed E-state index contributed by atoms with van der Waals surface area (Å²) in [6.45, 7) is 7.33. The molecule has 0 amide bonds. The minimum Gasteiger partial charge on any atom is -0.381 e. The molecule has 1 aromatic rings. The van der Waals surface area contributed by atoms with E-state index in [-0.39, 0.29) is 0 Å². The standard InChI is InChI=1S/C14H23NOS/c1-3-15-13(14-5-4-11(2)17-14)10-12-6-8-16-9-7-12/h4-5,12-13,15H,3,6-10H2,1-2H3. The zero-order valence-electron chi connectivity index (χ0n) is 10.9. The van der Waals surface area contributed by atoms with Crippen molar-refractivity contribution in [2.75, 3.05) is 19.8 Å². The van der Waals surface area contributed by atoms with Crippen LogP contribution in [0.3, 0.4) is 0 Å². The highest BCUT2D eigenvalue weighted by Gasteiger charge is 2.20. The Morgan fingerprint density at radius 1 is 1.41 bits per heavy atom. The summed E-state index contributed by atoms with van der Waals surface area (Å²) < 4.78 is 5.43. The number of ether oxygens (including phenoxy) is 1. The van der Waals surface area contributed by atoms with E-state index in [1.54, 1.807) is 0 Å². The Morgan fingerprint density at radius 2 is 2.18 bits per heavy atom. The number of rotatable bonds is 5. The summed E-state index contributed by atoms with van der Waals surface area (Å²) in [4.78, 5) is 2.91. The van der Waals surface area contributed by atoms with Crippen LogP contribution in [0.25, 0.3) is 0 Å². The molecule has 1 aliphatic heterocycles. The Hall–Kier alpha value is -0.380. The molecule has 0 radical (unpaired) electrons.